The van der Waals surface area contributed by atoms with Crippen LogP contribution >= 0.6 is 0 Å². The summed E-state index contributed by atoms with van der Waals surface area (Å²) in [4.78, 5) is 23.2. The second-order valence-corrected chi connectivity index (χ2v) is 4.56. The molecule has 2 N–H and O–H groups in total. The molecule has 0 fully saturated rings. The number of halogens is 1. The molecule has 5 nitrogen and oxygen atoms in total. The van der Waals surface area contributed by atoms with Gasteiger partial charge in [-0.3, -0.25) is 9.59 Å². The number of hydrogen-bond donors (Lipinski definition) is 2. The molecule has 0 aliphatic heterocycles. The second kappa shape index (κ2) is 6.71. The molecule has 2 aromatic carbocycles. The van der Waals surface area contributed by atoms with Gasteiger partial charge in [0.25, 0.3) is 5.91 Å². The van der Waals surface area contributed by atoms with Gasteiger partial charge >= 0.3 is 0 Å². The predicted octanol–water partition coefficient (Wildman–Crippen LogP) is 3.05. The van der Waals surface area contributed by atoms with E-state index in [1.807, 2.05) is 0 Å². The van der Waals surface area contributed by atoms with Crippen molar-refractivity contribution >= 4 is 23.2 Å². The fourth-order valence-electron chi connectivity index (χ4n) is 1.88. The minimum atomic E-state index is -0.408. The molecule has 0 aliphatic rings. The summed E-state index contributed by atoms with van der Waals surface area (Å²) in [6.45, 7) is 1.38. The third kappa shape index (κ3) is 3.82. The first kappa shape index (κ1) is 15.5. The molecule has 0 saturated heterocycles. The van der Waals surface area contributed by atoms with Crippen LogP contribution in [0.2, 0.25) is 0 Å². The molecule has 2 amide bonds. The highest BCUT2D eigenvalue weighted by Crippen LogP contribution is 2.28. The van der Waals surface area contributed by atoms with E-state index < -0.39 is 5.82 Å². The molecule has 0 aliphatic carbocycles. The Hall–Kier alpha value is -2.89. The van der Waals surface area contributed by atoms with E-state index in [0.717, 1.165) is 0 Å². The van der Waals surface area contributed by atoms with Crippen molar-refractivity contribution in [3.63, 3.8) is 0 Å². The molecule has 22 heavy (non-hydrogen) atoms. The van der Waals surface area contributed by atoms with Crippen molar-refractivity contribution in [2.45, 2.75) is 6.92 Å². The van der Waals surface area contributed by atoms with Crippen LogP contribution < -0.4 is 15.4 Å². The molecule has 6 heteroatoms. The number of carbonyl (C=O) groups is 2. The highest BCUT2D eigenvalue weighted by molar-refractivity contribution is 6.04. The zero-order chi connectivity index (χ0) is 16.1. The van der Waals surface area contributed by atoms with Gasteiger partial charge in [-0.1, -0.05) is 0 Å². The number of methoxy groups -OCH3 is 1. The maximum absolute atomic E-state index is 12.8. The van der Waals surface area contributed by atoms with E-state index in [1.165, 1.54) is 38.3 Å². The quantitative estimate of drug-likeness (QED) is 0.912. The lowest BCUT2D eigenvalue weighted by Crippen LogP contribution is -2.13. The van der Waals surface area contributed by atoms with Gasteiger partial charge in [-0.25, -0.2) is 4.39 Å². The lowest BCUT2D eigenvalue weighted by atomic mass is 10.2. The standard InChI is InChI=1S/C16H15FN2O3/c1-10(20)18-14-9-13(7-8-15(14)22-2)19-16(21)11-3-5-12(17)6-4-11/h3-9H,1-2H3,(H,18,20)(H,19,21). The van der Waals surface area contributed by atoms with Gasteiger partial charge in [0, 0.05) is 18.2 Å². The summed E-state index contributed by atoms with van der Waals surface area (Å²) in [5.74, 6) is -0.553. The second-order valence-electron chi connectivity index (χ2n) is 4.56. The fraction of sp³-hybridized carbons (Fsp3) is 0.125. The van der Waals surface area contributed by atoms with Crippen LogP contribution in [-0.4, -0.2) is 18.9 Å². The summed E-state index contributed by atoms with van der Waals surface area (Å²) < 4.78 is 18.0. The molecule has 0 heterocycles. The van der Waals surface area contributed by atoms with Crippen LogP contribution in [0, 0.1) is 5.82 Å². The summed E-state index contributed by atoms with van der Waals surface area (Å²) in [6.07, 6.45) is 0. The smallest absolute Gasteiger partial charge is 0.255 e. The van der Waals surface area contributed by atoms with Gasteiger partial charge in [0.15, 0.2) is 0 Å². The van der Waals surface area contributed by atoms with E-state index in [2.05, 4.69) is 10.6 Å². The van der Waals surface area contributed by atoms with Crippen molar-refractivity contribution in [1.29, 1.82) is 0 Å². The average molecular weight is 302 g/mol. The number of carbonyl (C=O) groups excluding carboxylic acids is 2. The van der Waals surface area contributed by atoms with Gasteiger partial charge in [-0.2, -0.15) is 0 Å². The molecule has 114 valence electrons. The maximum Gasteiger partial charge on any atom is 0.255 e. The molecular formula is C16H15FN2O3. The molecule has 0 spiro atoms. The molecule has 2 rings (SSSR count). The van der Waals surface area contributed by atoms with Gasteiger partial charge in [-0.15, -0.1) is 0 Å². The third-order valence-corrected chi connectivity index (χ3v) is 2.87. The van der Waals surface area contributed by atoms with Gasteiger partial charge in [-0.05, 0) is 42.5 Å². The van der Waals surface area contributed by atoms with Crippen molar-refractivity contribution in [2.75, 3.05) is 17.7 Å². The Labute approximate surface area is 127 Å². The van der Waals surface area contributed by atoms with Crippen LogP contribution in [0.4, 0.5) is 15.8 Å². The van der Waals surface area contributed by atoms with E-state index in [1.54, 1.807) is 18.2 Å². The van der Waals surface area contributed by atoms with Gasteiger partial charge < -0.3 is 15.4 Å². The molecule has 0 unspecified atom stereocenters. The normalized spacial score (nSPS) is 9.95. The number of amides is 2. The number of benzene rings is 2. The van der Waals surface area contributed by atoms with E-state index >= 15 is 0 Å². The third-order valence-electron chi connectivity index (χ3n) is 2.87. The van der Waals surface area contributed by atoms with Crippen molar-refractivity contribution in [3.05, 3.63) is 53.8 Å². The van der Waals surface area contributed by atoms with Crippen molar-refractivity contribution in [1.82, 2.24) is 0 Å². The molecule has 0 aromatic heterocycles. The van der Waals surface area contributed by atoms with Crippen LogP contribution in [0.1, 0.15) is 17.3 Å². The first-order chi connectivity index (χ1) is 10.5. The number of ether oxygens (including phenoxy) is 1. The fourth-order valence-corrected chi connectivity index (χ4v) is 1.88. The van der Waals surface area contributed by atoms with Crippen molar-refractivity contribution in [3.8, 4) is 5.75 Å². The lowest BCUT2D eigenvalue weighted by Gasteiger charge is -2.12. The predicted molar refractivity (Wildman–Crippen MR) is 81.7 cm³/mol. The Balaban J connectivity index is 2.20. The number of rotatable bonds is 4. The zero-order valence-electron chi connectivity index (χ0n) is 12.1. The van der Waals surface area contributed by atoms with Gasteiger partial charge in [0.2, 0.25) is 5.91 Å². The number of hydrogen-bond acceptors (Lipinski definition) is 3. The Morgan fingerprint density at radius 1 is 1.05 bits per heavy atom. The molecular weight excluding hydrogens is 287 g/mol. The Morgan fingerprint density at radius 2 is 1.73 bits per heavy atom. The van der Waals surface area contributed by atoms with Crippen LogP contribution in [0.5, 0.6) is 5.75 Å². The Bertz CT molecular complexity index is 699. The van der Waals surface area contributed by atoms with Gasteiger partial charge in [0.1, 0.15) is 11.6 Å². The maximum atomic E-state index is 12.8. The van der Waals surface area contributed by atoms with Crippen LogP contribution in [0.25, 0.3) is 0 Å². The summed E-state index contributed by atoms with van der Waals surface area (Å²) in [5, 5.41) is 5.29. The van der Waals surface area contributed by atoms with E-state index in [0.29, 0.717) is 22.7 Å². The average Bonchev–Trinajstić information content (AvgIpc) is 2.47. The molecule has 0 atom stereocenters. The van der Waals surface area contributed by atoms with E-state index in [-0.39, 0.29) is 11.8 Å². The minimum Gasteiger partial charge on any atom is -0.495 e. The van der Waals surface area contributed by atoms with Crippen LogP contribution in [0.15, 0.2) is 42.5 Å². The molecule has 0 radical (unpaired) electrons. The van der Waals surface area contributed by atoms with E-state index in [4.69, 9.17) is 4.74 Å². The van der Waals surface area contributed by atoms with Gasteiger partial charge in [0.05, 0.1) is 12.8 Å². The SMILES string of the molecule is COc1ccc(NC(=O)c2ccc(F)cc2)cc1NC(C)=O. The first-order valence-electron chi connectivity index (χ1n) is 6.52. The topological polar surface area (TPSA) is 67.4 Å². The monoisotopic (exact) mass is 302 g/mol. The molecule has 0 bridgehead atoms. The Morgan fingerprint density at radius 3 is 2.32 bits per heavy atom. The summed E-state index contributed by atoms with van der Waals surface area (Å²) in [7, 11) is 1.48. The lowest BCUT2D eigenvalue weighted by molar-refractivity contribution is -0.114. The largest absolute Gasteiger partial charge is 0.495 e. The number of nitrogens with one attached hydrogen (secondary N) is 2. The number of anilines is 2. The van der Waals surface area contributed by atoms with Crippen LogP contribution in [-0.2, 0) is 4.79 Å². The Kier molecular flexibility index (Phi) is 4.73. The zero-order valence-corrected chi connectivity index (χ0v) is 12.1. The van der Waals surface area contributed by atoms with Crippen molar-refractivity contribution < 1.29 is 18.7 Å². The summed E-state index contributed by atoms with van der Waals surface area (Å²) in [6, 6.07) is 10.1. The summed E-state index contributed by atoms with van der Waals surface area (Å²) in [5.41, 5.74) is 1.27. The first-order valence-corrected chi connectivity index (χ1v) is 6.52. The molecule has 2 aromatic rings. The highest BCUT2D eigenvalue weighted by atomic mass is 19.1. The van der Waals surface area contributed by atoms with Crippen LogP contribution in [0.3, 0.4) is 0 Å². The molecule has 0 saturated carbocycles. The summed E-state index contributed by atoms with van der Waals surface area (Å²) >= 11 is 0. The van der Waals surface area contributed by atoms with E-state index in [9.17, 15) is 14.0 Å². The minimum absolute atomic E-state index is 0.250. The highest BCUT2D eigenvalue weighted by Gasteiger charge is 2.10. The van der Waals surface area contributed by atoms with Crippen molar-refractivity contribution in [2.24, 2.45) is 0 Å².